The Balaban J connectivity index is 1.22. The Labute approximate surface area is 186 Å². The maximum absolute atomic E-state index is 14.7. The molecule has 2 amide bonds. The Bertz CT molecular complexity index is 1160. The number of fused-ring (bicyclic) bond motifs is 1. The van der Waals surface area contributed by atoms with Gasteiger partial charge in [0, 0.05) is 24.4 Å². The van der Waals surface area contributed by atoms with E-state index in [1.807, 2.05) is 0 Å². The first-order chi connectivity index (χ1) is 15.6. The predicted octanol–water partition coefficient (Wildman–Crippen LogP) is 1.76. The molecule has 1 saturated heterocycles. The van der Waals surface area contributed by atoms with Crippen molar-refractivity contribution in [3.8, 4) is 11.8 Å². The van der Waals surface area contributed by atoms with Crippen LogP contribution in [0.25, 0.3) is 0 Å². The van der Waals surface area contributed by atoms with Gasteiger partial charge < -0.3 is 29.6 Å². The maximum Gasteiger partial charge on any atom is 0.415 e. The number of hydrogen-bond acceptors (Lipinski definition) is 8. The lowest BCUT2D eigenvalue weighted by Crippen LogP contribution is -2.38. The molecule has 3 atom stereocenters. The Morgan fingerprint density at radius 2 is 2.21 bits per heavy atom. The summed E-state index contributed by atoms with van der Waals surface area (Å²) in [6, 6.07) is 3.98. The van der Waals surface area contributed by atoms with Crippen molar-refractivity contribution in [2.75, 3.05) is 18.1 Å². The largest absolute Gasteiger partial charge is 0.486 e. The summed E-state index contributed by atoms with van der Waals surface area (Å²) in [4.78, 5) is 38.9. The third-order valence-corrected chi connectivity index (χ3v) is 5.86. The van der Waals surface area contributed by atoms with Crippen LogP contribution in [0.15, 0.2) is 24.4 Å². The highest BCUT2D eigenvalue weighted by molar-refractivity contribution is 5.91. The number of amides is 2. The minimum Gasteiger partial charge on any atom is -0.486 e. The van der Waals surface area contributed by atoms with Crippen molar-refractivity contribution in [3.05, 3.63) is 40.3 Å². The lowest BCUT2D eigenvalue weighted by atomic mass is 10.1. The smallest absolute Gasteiger partial charge is 0.415 e. The van der Waals surface area contributed by atoms with Gasteiger partial charge in [-0.15, -0.1) is 0 Å². The highest BCUT2D eigenvalue weighted by Gasteiger charge is 2.64. The van der Waals surface area contributed by atoms with Gasteiger partial charge in [0.2, 0.25) is 5.91 Å². The van der Waals surface area contributed by atoms with Crippen LogP contribution in [0.5, 0.6) is 11.8 Å². The summed E-state index contributed by atoms with van der Waals surface area (Å²) in [5.41, 5.74) is -1.35. The molecule has 3 aliphatic rings. The molecule has 1 aromatic heterocycles. The molecular weight excluding hydrogens is 441 g/mol. The van der Waals surface area contributed by atoms with Gasteiger partial charge in [-0.05, 0) is 24.0 Å². The minimum absolute atomic E-state index is 0.0340. The number of ether oxygens (including phenoxy) is 3. The number of anilines is 1. The SMILES string of the molecule is CC(=O)NC1C[C@@]12CN(c1ccc(OCC3(C)Cn4cc([N+](=O)[O-])nc4O3)c(F)c1)C(=O)O2. The van der Waals surface area contributed by atoms with Gasteiger partial charge in [-0.2, -0.15) is 0 Å². The zero-order valence-corrected chi connectivity index (χ0v) is 17.7. The summed E-state index contributed by atoms with van der Waals surface area (Å²) in [6.45, 7) is 3.54. The third kappa shape index (κ3) is 3.68. The van der Waals surface area contributed by atoms with Gasteiger partial charge in [-0.25, -0.2) is 9.18 Å². The van der Waals surface area contributed by atoms with Crippen LogP contribution in [0.4, 0.5) is 20.7 Å². The van der Waals surface area contributed by atoms with Crippen LogP contribution >= 0.6 is 0 Å². The van der Waals surface area contributed by atoms with Crippen LogP contribution in [-0.2, 0) is 16.1 Å². The first kappa shape index (κ1) is 21.0. The van der Waals surface area contributed by atoms with Crippen LogP contribution in [0.3, 0.4) is 0 Å². The van der Waals surface area contributed by atoms with Gasteiger partial charge in [-0.3, -0.25) is 14.3 Å². The number of imidazole rings is 1. The summed E-state index contributed by atoms with van der Waals surface area (Å²) < 4.78 is 33.0. The molecule has 1 aromatic carbocycles. The van der Waals surface area contributed by atoms with E-state index in [0.29, 0.717) is 12.1 Å². The number of nitro groups is 1. The highest BCUT2D eigenvalue weighted by Crippen LogP contribution is 2.46. The summed E-state index contributed by atoms with van der Waals surface area (Å²) in [6.07, 6.45) is 1.18. The molecule has 1 N–H and O–H groups in total. The molecule has 174 valence electrons. The maximum atomic E-state index is 14.7. The number of rotatable bonds is 6. The second-order valence-corrected chi connectivity index (χ2v) is 8.70. The molecule has 1 saturated carbocycles. The molecule has 3 heterocycles. The number of aromatic nitrogens is 2. The van der Waals surface area contributed by atoms with Crippen LogP contribution in [-0.4, -0.2) is 56.9 Å². The molecular formula is C20H20FN5O7. The predicted molar refractivity (Wildman–Crippen MR) is 109 cm³/mol. The second kappa shape index (κ2) is 7.05. The fourth-order valence-corrected chi connectivity index (χ4v) is 4.15. The van der Waals surface area contributed by atoms with E-state index in [9.17, 15) is 24.1 Å². The second-order valence-electron chi connectivity index (χ2n) is 8.70. The molecule has 5 rings (SSSR count). The van der Waals surface area contributed by atoms with Crippen molar-refractivity contribution in [1.82, 2.24) is 14.9 Å². The molecule has 0 bridgehead atoms. The van der Waals surface area contributed by atoms with Crippen LogP contribution in [0.2, 0.25) is 0 Å². The fourth-order valence-electron chi connectivity index (χ4n) is 4.15. The third-order valence-electron chi connectivity index (χ3n) is 5.86. The molecule has 1 aliphatic carbocycles. The summed E-state index contributed by atoms with van der Waals surface area (Å²) in [7, 11) is 0. The van der Waals surface area contributed by atoms with Crippen LogP contribution < -0.4 is 19.7 Å². The standard InChI is InChI=1S/C20H20FN5O7/c1-11(27)22-15-6-20(15)9-25(18(28)33-20)12-3-4-14(13(21)5-12)31-10-19(2)8-24-7-16(26(29)30)23-17(24)32-19/h3-5,7,15H,6,8-10H2,1-2H3,(H,22,27)/t15?,19?,20-/m1/s1. The number of benzene rings is 1. The van der Waals surface area contributed by atoms with Gasteiger partial charge in [0.15, 0.2) is 22.8 Å². The van der Waals surface area contributed by atoms with Crippen LogP contribution in [0.1, 0.15) is 20.3 Å². The normalized spacial score (nSPS) is 27.2. The van der Waals surface area contributed by atoms with Gasteiger partial charge in [-0.1, -0.05) is 0 Å². The molecule has 1 spiro atoms. The molecule has 2 fully saturated rings. The zero-order valence-electron chi connectivity index (χ0n) is 17.7. The van der Waals surface area contributed by atoms with Crippen molar-refractivity contribution in [1.29, 1.82) is 0 Å². The number of nitrogens with one attached hydrogen (secondary N) is 1. The number of carbonyl (C=O) groups is 2. The summed E-state index contributed by atoms with van der Waals surface area (Å²) in [5.74, 6) is -1.23. The van der Waals surface area contributed by atoms with Gasteiger partial charge >= 0.3 is 17.9 Å². The molecule has 0 radical (unpaired) electrons. The molecule has 2 aromatic rings. The number of carbonyl (C=O) groups excluding carboxylic acids is 2. The van der Waals surface area contributed by atoms with Gasteiger partial charge in [0.1, 0.15) is 12.8 Å². The zero-order chi connectivity index (χ0) is 23.5. The molecule has 13 heteroatoms. The number of hydrogen-bond donors (Lipinski definition) is 1. The average molecular weight is 461 g/mol. The van der Waals surface area contributed by atoms with E-state index in [1.54, 1.807) is 13.0 Å². The molecule has 2 aliphatic heterocycles. The lowest BCUT2D eigenvalue weighted by Gasteiger charge is -2.22. The van der Waals surface area contributed by atoms with Gasteiger partial charge in [0.05, 0.1) is 24.8 Å². The van der Waals surface area contributed by atoms with E-state index in [4.69, 9.17) is 14.2 Å². The number of halogens is 1. The molecule has 12 nitrogen and oxygen atoms in total. The van der Waals surface area contributed by atoms with E-state index in [1.165, 1.54) is 34.7 Å². The van der Waals surface area contributed by atoms with E-state index in [2.05, 4.69) is 10.3 Å². The van der Waals surface area contributed by atoms with Crippen molar-refractivity contribution in [2.45, 2.75) is 44.1 Å². The quantitative estimate of drug-likeness (QED) is 0.507. The van der Waals surface area contributed by atoms with E-state index in [0.717, 1.165) is 0 Å². The Morgan fingerprint density at radius 1 is 1.42 bits per heavy atom. The van der Waals surface area contributed by atoms with Crippen molar-refractivity contribution >= 4 is 23.5 Å². The first-order valence-electron chi connectivity index (χ1n) is 10.2. The Morgan fingerprint density at radius 3 is 2.88 bits per heavy atom. The summed E-state index contributed by atoms with van der Waals surface area (Å²) in [5, 5.41) is 13.6. The Hall–Kier alpha value is -3.90. The van der Waals surface area contributed by atoms with E-state index < -0.39 is 28.0 Å². The molecule has 2 unspecified atom stereocenters. The van der Waals surface area contributed by atoms with Crippen molar-refractivity contribution < 1.29 is 33.1 Å². The topological polar surface area (TPSA) is 138 Å². The molecule has 33 heavy (non-hydrogen) atoms. The monoisotopic (exact) mass is 461 g/mol. The fraction of sp³-hybridized carbons (Fsp3) is 0.450. The minimum atomic E-state index is -0.890. The van der Waals surface area contributed by atoms with Crippen molar-refractivity contribution in [3.63, 3.8) is 0 Å². The van der Waals surface area contributed by atoms with Gasteiger partial charge in [0.25, 0.3) is 0 Å². The lowest BCUT2D eigenvalue weighted by molar-refractivity contribution is -0.389. The average Bonchev–Trinajstić information content (AvgIpc) is 3.00. The van der Waals surface area contributed by atoms with E-state index >= 15 is 0 Å². The van der Waals surface area contributed by atoms with Crippen LogP contribution in [0, 0.1) is 15.9 Å². The first-order valence-corrected chi connectivity index (χ1v) is 10.2. The summed E-state index contributed by atoms with van der Waals surface area (Å²) >= 11 is 0. The van der Waals surface area contributed by atoms with E-state index in [-0.39, 0.29) is 49.2 Å². The highest BCUT2D eigenvalue weighted by atomic mass is 19.1. The van der Waals surface area contributed by atoms with Crippen molar-refractivity contribution in [2.24, 2.45) is 0 Å². The Kier molecular flexibility index (Phi) is 4.48. The number of nitrogens with zero attached hydrogens (tertiary/aromatic N) is 4.